The number of ether oxygens (including phenoxy) is 1. The predicted molar refractivity (Wildman–Crippen MR) is 120 cm³/mol. The van der Waals surface area contributed by atoms with Crippen LogP contribution in [0.4, 0.5) is 5.13 Å². The summed E-state index contributed by atoms with van der Waals surface area (Å²) in [6, 6.07) is 16.0. The topological polar surface area (TPSA) is 46.9 Å². The van der Waals surface area contributed by atoms with Crippen LogP contribution in [0.1, 0.15) is 25.8 Å². The van der Waals surface area contributed by atoms with E-state index >= 15 is 0 Å². The standard InChI is InChI=1S/C23H29N3O2S/c1-4-25(5-2)15-16-26(22(27)14-11-18-9-7-6-8-10-18)23-24-20-13-12-19(28-3)17-21(20)29-23/h6-10,12-13,17H,4-5,11,14-16H2,1-3H3/p+1. The second kappa shape index (κ2) is 10.4. The molecule has 0 bridgehead atoms. The Bertz CT molecular complexity index is 922. The van der Waals surface area contributed by atoms with Crippen LogP contribution in [0.25, 0.3) is 10.2 Å². The molecule has 0 atom stereocenters. The molecule has 6 heteroatoms. The average molecular weight is 413 g/mol. The second-order valence-corrected chi connectivity index (χ2v) is 8.08. The summed E-state index contributed by atoms with van der Waals surface area (Å²) in [6.07, 6.45) is 1.23. The quantitative estimate of drug-likeness (QED) is 0.556. The van der Waals surface area contributed by atoms with Gasteiger partial charge >= 0.3 is 0 Å². The number of methoxy groups -OCH3 is 1. The number of carbonyl (C=O) groups is 1. The zero-order valence-corrected chi connectivity index (χ0v) is 18.3. The Balaban J connectivity index is 1.80. The fraction of sp³-hybridized carbons (Fsp3) is 0.391. The van der Waals surface area contributed by atoms with Crippen molar-refractivity contribution in [1.29, 1.82) is 0 Å². The van der Waals surface area contributed by atoms with E-state index in [9.17, 15) is 4.79 Å². The highest BCUT2D eigenvalue weighted by molar-refractivity contribution is 7.22. The number of anilines is 1. The third kappa shape index (κ3) is 5.55. The van der Waals surface area contributed by atoms with E-state index in [4.69, 9.17) is 9.72 Å². The molecule has 0 aliphatic heterocycles. The minimum Gasteiger partial charge on any atom is -0.497 e. The molecule has 154 valence electrons. The van der Waals surface area contributed by atoms with Gasteiger partial charge in [0.15, 0.2) is 5.13 Å². The molecule has 0 saturated carbocycles. The molecule has 5 nitrogen and oxygen atoms in total. The highest BCUT2D eigenvalue weighted by Crippen LogP contribution is 2.31. The van der Waals surface area contributed by atoms with Crippen molar-refractivity contribution in [3.63, 3.8) is 0 Å². The molecule has 1 amide bonds. The molecule has 29 heavy (non-hydrogen) atoms. The minimum absolute atomic E-state index is 0.131. The Kier molecular flexibility index (Phi) is 7.61. The Morgan fingerprint density at radius 3 is 2.59 bits per heavy atom. The molecule has 0 saturated heterocycles. The molecule has 0 unspecified atom stereocenters. The molecule has 1 aromatic heterocycles. The first kappa shape index (κ1) is 21.3. The highest BCUT2D eigenvalue weighted by Gasteiger charge is 2.21. The van der Waals surface area contributed by atoms with E-state index in [1.54, 1.807) is 18.4 Å². The van der Waals surface area contributed by atoms with Crippen LogP contribution < -0.4 is 14.5 Å². The van der Waals surface area contributed by atoms with Gasteiger partial charge in [-0.1, -0.05) is 41.7 Å². The molecule has 1 heterocycles. The van der Waals surface area contributed by atoms with Crippen molar-refractivity contribution < 1.29 is 14.4 Å². The van der Waals surface area contributed by atoms with Gasteiger partial charge in [0.25, 0.3) is 0 Å². The van der Waals surface area contributed by atoms with Gasteiger partial charge in [0.2, 0.25) is 5.91 Å². The summed E-state index contributed by atoms with van der Waals surface area (Å²) in [6.45, 7) is 8.08. The van der Waals surface area contributed by atoms with Crippen LogP contribution in [0.3, 0.4) is 0 Å². The fourth-order valence-corrected chi connectivity index (χ4v) is 4.40. The summed E-state index contributed by atoms with van der Waals surface area (Å²) < 4.78 is 6.37. The van der Waals surface area contributed by atoms with E-state index in [0.717, 1.165) is 47.2 Å². The molecule has 1 N–H and O–H groups in total. The van der Waals surface area contributed by atoms with Gasteiger partial charge < -0.3 is 9.64 Å². The molecule has 2 aromatic carbocycles. The number of thiazole rings is 1. The lowest BCUT2D eigenvalue weighted by molar-refractivity contribution is -0.894. The monoisotopic (exact) mass is 412 g/mol. The summed E-state index contributed by atoms with van der Waals surface area (Å²) in [5, 5.41) is 0.776. The zero-order valence-electron chi connectivity index (χ0n) is 17.5. The number of amides is 1. The Morgan fingerprint density at radius 2 is 1.90 bits per heavy atom. The number of nitrogens with zero attached hydrogens (tertiary/aromatic N) is 2. The van der Waals surface area contributed by atoms with E-state index in [-0.39, 0.29) is 5.91 Å². The molecule has 0 radical (unpaired) electrons. The molecule has 3 rings (SSSR count). The third-order valence-corrected chi connectivity index (χ3v) is 6.32. The molecular weight excluding hydrogens is 382 g/mol. The van der Waals surface area contributed by atoms with Crippen molar-refractivity contribution in [1.82, 2.24) is 4.98 Å². The van der Waals surface area contributed by atoms with Crippen LogP contribution in [-0.4, -0.2) is 44.2 Å². The lowest BCUT2D eigenvalue weighted by Gasteiger charge is -2.23. The van der Waals surface area contributed by atoms with Gasteiger partial charge in [0, 0.05) is 6.42 Å². The molecule has 0 aliphatic rings. The van der Waals surface area contributed by atoms with E-state index in [1.165, 1.54) is 10.5 Å². The number of nitrogens with one attached hydrogen (secondary N) is 1. The van der Waals surface area contributed by atoms with Gasteiger partial charge in [-0.3, -0.25) is 9.69 Å². The number of likely N-dealkylation sites (N-methyl/N-ethyl adjacent to an activating group) is 1. The summed E-state index contributed by atoms with van der Waals surface area (Å²) in [5.41, 5.74) is 2.09. The number of hydrogen-bond acceptors (Lipinski definition) is 4. The molecule has 3 aromatic rings. The van der Waals surface area contributed by atoms with Crippen molar-refractivity contribution in [2.24, 2.45) is 0 Å². The number of fused-ring (bicyclic) bond motifs is 1. The SMILES string of the molecule is CC[NH+](CC)CCN(C(=O)CCc1ccccc1)c1nc2ccc(OC)cc2s1. The van der Waals surface area contributed by atoms with Crippen molar-refractivity contribution in [3.8, 4) is 5.75 Å². The smallest absolute Gasteiger partial charge is 0.229 e. The number of hydrogen-bond donors (Lipinski definition) is 1. The van der Waals surface area contributed by atoms with Crippen LogP contribution in [0.5, 0.6) is 5.75 Å². The van der Waals surface area contributed by atoms with Gasteiger partial charge in [-0.05, 0) is 44.0 Å². The molecule has 0 aliphatic carbocycles. The van der Waals surface area contributed by atoms with Crippen LogP contribution in [-0.2, 0) is 11.2 Å². The van der Waals surface area contributed by atoms with Gasteiger partial charge in [-0.15, -0.1) is 0 Å². The lowest BCUT2D eigenvalue weighted by atomic mass is 10.1. The third-order valence-electron chi connectivity index (χ3n) is 5.28. The Morgan fingerprint density at radius 1 is 1.14 bits per heavy atom. The molecule has 0 spiro atoms. The minimum atomic E-state index is 0.131. The van der Waals surface area contributed by atoms with E-state index in [2.05, 4.69) is 26.0 Å². The van der Waals surface area contributed by atoms with Crippen LogP contribution in [0, 0.1) is 0 Å². The number of carbonyl (C=O) groups excluding carboxylic acids is 1. The average Bonchev–Trinajstić information content (AvgIpc) is 3.18. The van der Waals surface area contributed by atoms with Crippen molar-refractivity contribution >= 4 is 32.6 Å². The van der Waals surface area contributed by atoms with E-state index < -0.39 is 0 Å². The van der Waals surface area contributed by atoms with Gasteiger partial charge in [-0.25, -0.2) is 4.98 Å². The Labute approximate surface area is 176 Å². The van der Waals surface area contributed by atoms with Crippen molar-refractivity contribution in [3.05, 3.63) is 54.1 Å². The second-order valence-electron chi connectivity index (χ2n) is 7.07. The summed E-state index contributed by atoms with van der Waals surface area (Å²) in [7, 11) is 1.66. The lowest BCUT2D eigenvalue weighted by Crippen LogP contribution is -3.12. The summed E-state index contributed by atoms with van der Waals surface area (Å²) >= 11 is 1.56. The van der Waals surface area contributed by atoms with E-state index in [1.807, 2.05) is 41.3 Å². The largest absolute Gasteiger partial charge is 0.497 e. The maximum absolute atomic E-state index is 13.2. The first-order chi connectivity index (χ1) is 14.1. The van der Waals surface area contributed by atoms with Crippen LogP contribution in [0.2, 0.25) is 0 Å². The van der Waals surface area contributed by atoms with Gasteiger partial charge in [0.1, 0.15) is 5.75 Å². The molecule has 0 fully saturated rings. The van der Waals surface area contributed by atoms with Crippen molar-refractivity contribution in [2.45, 2.75) is 26.7 Å². The normalized spacial score (nSPS) is 11.2. The van der Waals surface area contributed by atoms with Crippen molar-refractivity contribution in [2.75, 3.05) is 38.2 Å². The van der Waals surface area contributed by atoms with Crippen LogP contribution >= 0.6 is 11.3 Å². The zero-order chi connectivity index (χ0) is 20.6. The van der Waals surface area contributed by atoms with Crippen LogP contribution in [0.15, 0.2) is 48.5 Å². The number of quaternary nitrogens is 1. The number of rotatable bonds is 10. The predicted octanol–water partition coefficient (Wildman–Crippen LogP) is 3.20. The maximum Gasteiger partial charge on any atom is 0.229 e. The highest BCUT2D eigenvalue weighted by atomic mass is 32.1. The fourth-order valence-electron chi connectivity index (χ4n) is 3.37. The first-order valence-electron chi connectivity index (χ1n) is 10.3. The summed E-state index contributed by atoms with van der Waals surface area (Å²) in [5.74, 6) is 0.939. The van der Waals surface area contributed by atoms with Gasteiger partial charge in [0.05, 0.1) is 43.5 Å². The number of benzene rings is 2. The van der Waals surface area contributed by atoms with E-state index in [0.29, 0.717) is 13.0 Å². The Hall–Kier alpha value is -2.44. The van der Waals surface area contributed by atoms with Gasteiger partial charge in [-0.2, -0.15) is 0 Å². The number of aryl methyl sites for hydroxylation is 1. The number of aromatic nitrogens is 1. The molecular formula is C23H30N3O2S+. The maximum atomic E-state index is 13.2. The first-order valence-corrected chi connectivity index (χ1v) is 11.1. The summed E-state index contributed by atoms with van der Waals surface area (Å²) in [4.78, 5) is 21.3.